The van der Waals surface area contributed by atoms with Crippen LogP contribution in [0.2, 0.25) is 0 Å². The van der Waals surface area contributed by atoms with E-state index in [1.807, 2.05) is 6.92 Å². The number of phenols is 1. The van der Waals surface area contributed by atoms with Crippen LogP contribution in [0.5, 0.6) is 5.75 Å². The van der Waals surface area contributed by atoms with Crippen LogP contribution in [0.1, 0.15) is 88.6 Å². The molecule has 1 heterocycles. The second-order valence-electron chi connectivity index (χ2n) is 9.41. The highest BCUT2D eigenvalue weighted by Gasteiger charge is 2.28. The number of thioether (sulfide) groups is 1. The number of aryl methyl sites for hydroxylation is 1. The van der Waals surface area contributed by atoms with Crippen molar-refractivity contribution in [1.82, 2.24) is 4.98 Å². The average Bonchev–Trinajstić information content (AvgIpc) is 2.92. The maximum absolute atomic E-state index is 10.9. The molecule has 4 nitrogen and oxygen atoms in total. The fourth-order valence-electron chi connectivity index (χ4n) is 3.22. The van der Waals surface area contributed by atoms with Gasteiger partial charge in [0.25, 0.3) is 0 Å². The Morgan fingerprint density at radius 2 is 1.61 bits per heavy atom. The maximum Gasteiger partial charge on any atom is 0.208 e. The molecule has 0 radical (unpaired) electrons. The lowest BCUT2D eigenvalue weighted by Crippen LogP contribution is -2.17. The van der Waals surface area contributed by atoms with E-state index in [1.165, 1.54) is 0 Å². The van der Waals surface area contributed by atoms with Gasteiger partial charge in [-0.15, -0.1) is 11.8 Å². The molecule has 0 aliphatic carbocycles. The third-order valence-corrected chi connectivity index (χ3v) is 6.21. The van der Waals surface area contributed by atoms with Crippen molar-refractivity contribution in [2.75, 3.05) is 6.61 Å². The van der Waals surface area contributed by atoms with Crippen molar-refractivity contribution >= 4 is 11.8 Å². The van der Waals surface area contributed by atoms with Gasteiger partial charge in [-0.05, 0) is 36.3 Å². The third-order valence-electron chi connectivity index (χ3n) is 4.88. The highest BCUT2D eigenvalue weighted by Crippen LogP contribution is 2.45. The maximum atomic E-state index is 10.9. The molecule has 1 aromatic carbocycles. The second kappa shape index (κ2) is 8.50. The number of rotatable bonds is 6. The van der Waals surface area contributed by atoms with E-state index in [0.717, 1.165) is 33.9 Å². The van der Waals surface area contributed by atoms with Gasteiger partial charge in [0.05, 0.1) is 10.9 Å². The summed E-state index contributed by atoms with van der Waals surface area (Å²) in [6, 6.07) is 4.20. The Morgan fingerprint density at radius 1 is 1.07 bits per heavy atom. The lowest BCUT2D eigenvalue weighted by atomic mass is 9.79. The van der Waals surface area contributed by atoms with Crippen LogP contribution in [0.4, 0.5) is 0 Å². The number of aromatic hydroxyl groups is 1. The molecule has 0 aliphatic rings. The van der Waals surface area contributed by atoms with Gasteiger partial charge in [-0.3, -0.25) is 0 Å². The molecule has 2 rings (SSSR count). The molecule has 1 aromatic heterocycles. The van der Waals surface area contributed by atoms with Gasteiger partial charge in [-0.1, -0.05) is 48.5 Å². The Labute approximate surface area is 173 Å². The Balaban J connectivity index is 2.47. The zero-order valence-corrected chi connectivity index (χ0v) is 19.3. The van der Waals surface area contributed by atoms with Crippen molar-refractivity contribution in [3.05, 3.63) is 40.6 Å². The van der Waals surface area contributed by atoms with Crippen LogP contribution >= 0.6 is 11.8 Å². The van der Waals surface area contributed by atoms with E-state index in [1.54, 1.807) is 11.8 Å². The van der Waals surface area contributed by atoms with E-state index in [0.29, 0.717) is 18.1 Å². The summed E-state index contributed by atoms with van der Waals surface area (Å²) in [6.07, 6.45) is 1.39. The molecule has 0 spiro atoms. The Hall–Kier alpha value is -1.46. The summed E-state index contributed by atoms with van der Waals surface area (Å²) in [5.41, 5.74) is 2.43. The van der Waals surface area contributed by atoms with E-state index in [9.17, 15) is 10.2 Å². The van der Waals surface area contributed by atoms with Crippen LogP contribution in [0.15, 0.2) is 21.4 Å². The first-order valence-electron chi connectivity index (χ1n) is 10.00. The summed E-state index contributed by atoms with van der Waals surface area (Å²) in [4.78, 5) is 5.74. The van der Waals surface area contributed by atoms with Crippen molar-refractivity contribution < 1.29 is 14.6 Å². The van der Waals surface area contributed by atoms with E-state index in [4.69, 9.17) is 4.42 Å². The molecule has 0 amide bonds. The van der Waals surface area contributed by atoms with E-state index >= 15 is 0 Å². The number of phenolic OH excluding ortho intramolecular Hbond substituents is 1. The highest BCUT2D eigenvalue weighted by molar-refractivity contribution is 7.99. The number of aliphatic hydroxyl groups excluding tert-OH is 1. The Morgan fingerprint density at radius 3 is 2.04 bits per heavy atom. The SMILES string of the molecule is CCC(Sc1cc(C(C)(C)C)c(O)c(C(C)(C)C)c1)c1nc(CCO)c(C)o1. The molecule has 2 aromatic rings. The van der Waals surface area contributed by atoms with Crippen molar-refractivity contribution in [3.8, 4) is 5.75 Å². The molecule has 0 fully saturated rings. The molecule has 0 saturated carbocycles. The van der Waals surface area contributed by atoms with Crippen molar-refractivity contribution in [2.45, 2.75) is 89.2 Å². The lowest BCUT2D eigenvalue weighted by Gasteiger charge is -2.28. The van der Waals surface area contributed by atoms with Gasteiger partial charge in [0, 0.05) is 29.1 Å². The number of aliphatic hydroxyl groups is 1. The fraction of sp³-hybridized carbons (Fsp3) is 0.609. The molecule has 0 bridgehead atoms. The number of oxazole rings is 1. The topological polar surface area (TPSA) is 66.5 Å². The normalized spacial score (nSPS) is 13.8. The minimum Gasteiger partial charge on any atom is -0.507 e. The molecule has 0 saturated heterocycles. The first-order chi connectivity index (χ1) is 12.9. The Kier molecular flexibility index (Phi) is 6.93. The quantitative estimate of drug-likeness (QED) is 0.572. The van der Waals surface area contributed by atoms with Crippen LogP contribution in [0, 0.1) is 6.92 Å². The number of benzene rings is 1. The first-order valence-corrected chi connectivity index (χ1v) is 10.9. The summed E-state index contributed by atoms with van der Waals surface area (Å²) in [7, 11) is 0. The lowest BCUT2D eigenvalue weighted by molar-refractivity contribution is 0.297. The zero-order chi connectivity index (χ0) is 21.3. The Bertz CT molecular complexity index is 777. The van der Waals surface area contributed by atoms with E-state index < -0.39 is 0 Å². The third kappa shape index (κ3) is 5.12. The summed E-state index contributed by atoms with van der Waals surface area (Å²) >= 11 is 1.72. The molecular weight excluding hydrogens is 370 g/mol. The van der Waals surface area contributed by atoms with Crippen LogP contribution in [0.3, 0.4) is 0 Å². The van der Waals surface area contributed by atoms with Crippen LogP contribution in [0.25, 0.3) is 0 Å². The standard InChI is InChI=1S/C23H35NO3S/c1-9-19(21-24-18(10-11-25)14(2)27-21)28-15-12-16(22(3,4)5)20(26)17(13-15)23(6,7)8/h12-13,19,25-26H,9-11H2,1-8H3. The minimum absolute atomic E-state index is 0.0681. The molecule has 1 atom stereocenters. The first kappa shape index (κ1) is 22.8. The smallest absolute Gasteiger partial charge is 0.208 e. The summed E-state index contributed by atoms with van der Waals surface area (Å²) in [6.45, 7) is 16.8. The van der Waals surface area contributed by atoms with Gasteiger partial charge in [0.15, 0.2) is 0 Å². The summed E-state index contributed by atoms with van der Waals surface area (Å²) in [5, 5.41) is 20.2. The van der Waals surface area contributed by atoms with Crippen LogP contribution in [-0.4, -0.2) is 21.8 Å². The monoisotopic (exact) mass is 405 g/mol. The number of nitrogens with zero attached hydrogens (tertiary/aromatic N) is 1. The number of aromatic nitrogens is 1. The van der Waals surface area contributed by atoms with Crippen molar-refractivity contribution in [1.29, 1.82) is 0 Å². The second-order valence-corrected chi connectivity index (χ2v) is 10.7. The average molecular weight is 406 g/mol. The zero-order valence-electron chi connectivity index (χ0n) is 18.5. The van der Waals surface area contributed by atoms with Crippen molar-refractivity contribution in [3.63, 3.8) is 0 Å². The van der Waals surface area contributed by atoms with Crippen molar-refractivity contribution in [2.24, 2.45) is 0 Å². The fourth-order valence-corrected chi connectivity index (χ4v) is 4.29. The van der Waals surface area contributed by atoms with Gasteiger partial charge >= 0.3 is 0 Å². The largest absolute Gasteiger partial charge is 0.507 e. The molecule has 28 heavy (non-hydrogen) atoms. The molecule has 1 unspecified atom stereocenters. The van der Waals surface area contributed by atoms with Crippen LogP contribution < -0.4 is 0 Å². The predicted octanol–water partition coefficient (Wildman–Crippen LogP) is 6.06. The summed E-state index contributed by atoms with van der Waals surface area (Å²) in [5.74, 6) is 1.88. The minimum atomic E-state index is -0.157. The molecule has 0 aliphatic heterocycles. The van der Waals surface area contributed by atoms with Gasteiger partial charge in [0.2, 0.25) is 5.89 Å². The van der Waals surface area contributed by atoms with Gasteiger partial charge in [-0.25, -0.2) is 4.98 Å². The van der Waals surface area contributed by atoms with Gasteiger partial charge in [-0.2, -0.15) is 0 Å². The van der Waals surface area contributed by atoms with Gasteiger partial charge < -0.3 is 14.6 Å². The predicted molar refractivity (Wildman–Crippen MR) is 116 cm³/mol. The molecular formula is C23H35NO3S. The molecule has 156 valence electrons. The highest BCUT2D eigenvalue weighted by atomic mass is 32.2. The number of hydrogen-bond donors (Lipinski definition) is 2. The van der Waals surface area contributed by atoms with Gasteiger partial charge in [0.1, 0.15) is 11.5 Å². The molecule has 2 N–H and O–H groups in total. The van der Waals surface area contributed by atoms with E-state index in [-0.39, 0.29) is 22.7 Å². The van der Waals surface area contributed by atoms with Crippen LogP contribution in [-0.2, 0) is 17.3 Å². The summed E-state index contributed by atoms with van der Waals surface area (Å²) < 4.78 is 5.92. The molecule has 5 heteroatoms. The number of hydrogen-bond acceptors (Lipinski definition) is 5. The van der Waals surface area contributed by atoms with E-state index in [2.05, 4.69) is 65.6 Å².